The van der Waals surface area contributed by atoms with E-state index in [9.17, 15) is 9.59 Å². The summed E-state index contributed by atoms with van der Waals surface area (Å²) in [5, 5.41) is 8.38. The summed E-state index contributed by atoms with van der Waals surface area (Å²) in [6.45, 7) is 0.682. The predicted octanol–water partition coefficient (Wildman–Crippen LogP) is 0.844. The normalized spacial score (nSPS) is 17.2. The van der Waals surface area contributed by atoms with Crippen molar-refractivity contribution in [1.29, 1.82) is 0 Å². The Morgan fingerprint density at radius 2 is 2.08 bits per heavy atom. The fraction of sp³-hybridized carbons (Fsp3) is 0.750. The Morgan fingerprint density at radius 3 is 2.62 bits per heavy atom. The summed E-state index contributed by atoms with van der Waals surface area (Å²) < 4.78 is 0. The van der Waals surface area contributed by atoms with Crippen molar-refractivity contribution in [1.82, 2.24) is 4.90 Å². The summed E-state index contributed by atoms with van der Waals surface area (Å²) in [7, 11) is 0. The molecule has 0 aliphatic carbocycles. The third-order valence-electron chi connectivity index (χ3n) is 1.88. The molecule has 1 aliphatic heterocycles. The summed E-state index contributed by atoms with van der Waals surface area (Å²) in [5.74, 6) is 0.206. The SMILES string of the molecule is O=C1CSC(=O)N1CCCCCO. The molecule has 1 fully saturated rings. The third-order valence-corrected chi connectivity index (χ3v) is 2.74. The van der Waals surface area contributed by atoms with Gasteiger partial charge >= 0.3 is 0 Å². The number of unbranched alkanes of at least 4 members (excludes halogenated alkanes) is 2. The van der Waals surface area contributed by atoms with Crippen LogP contribution in [-0.2, 0) is 4.79 Å². The third kappa shape index (κ3) is 3.00. The molecule has 0 aromatic heterocycles. The minimum Gasteiger partial charge on any atom is -0.396 e. The number of hydrogen-bond donors (Lipinski definition) is 1. The topological polar surface area (TPSA) is 57.6 Å². The Kier molecular flexibility index (Phi) is 4.24. The van der Waals surface area contributed by atoms with Gasteiger partial charge in [0.15, 0.2) is 0 Å². The van der Waals surface area contributed by atoms with Crippen LogP contribution in [0, 0.1) is 0 Å². The number of nitrogens with zero attached hydrogens (tertiary/aromatic N) is 1. The molecule has 1 rings (SSSR count). The average Bonchev–Trinajstić information content (AvgIpc) is 2.42. The number of thioether (sulfide) groups is 1. The summed E-state index contributed by atoms with van der Waals surface area (Å²) >= 11 is 1.07. The van der Waals surface area contributed by atoms with Gasteiger partial charge < -0.3 is 5.11 Å². The predicted molar refractivity (Wildman–Crippen MR) is 50.5 cm³/mol. The highest BCUT2D eigenvalue weighted by Gasteiger charge is 2.28. The fourth-order valence-electron chi connectivity index (χ4n) is 1.16. The summed E-state index contributed by atoms with van der Waals surface area (Å²) in [6, 6.07) is 0. The summed E-state index contributed by atoms with van der Waals surface area (Å²) in [4.78, 5) is 23.4. The maximum absolute atomic E-state index is 11.1. The highest BCUT2D eigenvalue weighted by Crippen LogP contribution is 2.18. The minimum atomic E-state index is -0.131. The highest BCUT2D eigenvalue weighted by molar-refractivity contribution is 8.14. The number of imide groups is 1. The summed E-state index contributed by atoms with van der Waals surface area (Å²) in [5.41, 5.74) is 0. The first kappa shape index (κ1) is 10.5. The van der Waals surface area contributed by atoms with Gasteiger partial charge in [-0.25, -0.2) is 0 Å². The highest BCUT2D eigenvalue weighted by atomic mass is 32.2. The quantitative estimate of drug-likeness (QED) is 0.673. The largest absolute Gasteiger partial charge is 0.396 e. The van der Waals surface area contributed by atoms with Crippen LogP contribution in [-0.4, -0.2) is 40.1 Å². The molecule has 13 heavy (non-hydrogen) atoms. The molecule has 0 aromatic carbocycles. The number of carbonyl (C=O) groups is 2. The van der Waals surface area contributed by atoms with E-state index in [2.05, 4.69) is 0 Å². The van der Waals surface area contributed by atoms with Crippen molar-refractivity contribution in [2.24, 2.45) is 0 Å². The molecule has 1 N–H and O–H groups in total. The van der Waals surface area contributed by atoms with E-state index in [4.69, 9.17) is 5.11 Å². The van der Waals surface area contributed by atoms with E-state index in [0.29, 0.717) is 12.3 Å². The van der Waals surface area contributed by atoms with Crippen LogP contribution >= 0.6 is 11.8 Å². The second-order valence-corrected chi connectivity index (χ2v) is 3.81. The average molecular weight is 203 g/mol. The molecule has 0 radical (unpaired) electrons. The van der Waals surface area contributed by atoms with Crippen LogP contribution < -0.4 is 0 Å². The molecular formula is C8H13NO3S. The van der Waals surface area contributed by atoms with E-state index in [1.54, 1.807) is 0 Å². The molecule has 74 valence electrons. The van der Waals surface area contributed by atoms with E-state index < -0.39 is 0 Å². The lowest BCUT2D eigenvalue weighted by molar-refractivity contribution is -0.124. The molecule has 0 saturated carbocycles. The number of hydrogen-bond acceptors (Lipinski definition) is 4. The number of aliphatic hydroxyl groups is 1. The molecule has 0 unspecified atom stereocenters. The van der Waals surface area contributed by atoms with Crippen molar-refractivity contribution in [3.63, 3.8) is 0 Å². The Morgan fingerprint density at radius 1 is 1.31 bits per heavy atom. The van der Waals surface area contributed by atoms with Gasteiger partial charge in [0.05, 0.1) is 5.75 Å². The number of carbonyl (C=O) groups excluding carboxylic acids is 2. The van der Waals surface area contributed by atoms with Crippen LogP contribution in [0.3, 0.4) is 0 Å². The van der Waals surface area contributed by atoms with Crippen LogP contribution in [0.25, 0.3) is 0 Å². The van der Waals surface area contributed by atoms with Crippen molar-refractivity contribution < 1.29 is 14.7 Å². The van der Waals surface area contributed by atoms with Gasteiger partial charge in [0.2, 0.25) is 5.91 Å². The Labute approximate surface area is 81.3 Å². The van der Waals surface area contributed by atoms with Crippen molar-refractivity contribution in [2.45, 2.75) is 19.3 Å². The first-order chi connectivity index (χ1) is 6.25. The minimum absolute atomic E-state index is 0.0843. The molecule has 5 heteroatoms. The molecule has 1 heterocycles. The second kappa shape index (κ2) is 5.24. The van der Waals surface area contributed by atoms with Crippen LogP contribution in [0.1, 0.15) is 19.3 Å². The van der Waals surface area contributed by atoms with E-state index in [0.717, 1.165) is 31.0 Å². The van der Waals surface area contributed by atoms with Crippen LogP contribution in [0.2, 0.25) is 0 Å². The first-order valence-electron chi connectivity index (χ1n) is 4.33. The van der Waals surface area contributed by atoms with Crippen molar-refractivity contribution in [2.75, 3.05) is 18.9 Å². The van der Waals surface area contributed by atoms with Gasteiger partial charge in [0.25, 0.3) is 5.24 Å². The summed E-state index contributed by atoms with van der Waals surface area (Å²) in [6.07, 6.45) is 2.39. The number of aliphatic hydroxyl groups excluding tert-OH is 1. The Hall–Kier alpha value is -0.550. The molecule has 0 bridgehead atoms. The first-order valence-corrected chi connectivity index (χ1v) is 5.32. The molecule has 2 amide bonds. The molecule has 1 saturated heterocycles. The van der Waals surface area contributed by atoms with Gasteiger partial charge in [0, 0.05) is 13.2 Å². The van der Waals surface area contributed by atoms with Crippen LogP contribution in [0.5, 0.6) is 0 Å². The fourth-order valence-corrected chi connectivity index (χ4v) is 1.91. The number of rotatable bonds is 5. The van der Waals surface area contributed by atoms with E-state index in [1.807, 2.05) is 0 Å². The molecular weight excluding hydrogens is 190 g/mol. The van der Waals surface area contributed by atoms with E-state index in [1.165, 1.54) is 4.90 Å². The molecule has 0 aromatic rings. The maximum Gasteiger partial charge on any atom is 0.288 e. The smallest absolute Gasteiger partial charge is 0.288 e. The van der Waals surface area contributed by atoms with E-state index in [-0.39, 0.29) is 17.8 Å². The van der Waals surface area contributed by atoms with Crippen LogP contribution in [0.15, 0.2) is 0 Å². The molecule has 4 nitrogen and oxygen atoms in total. The lowest BCUT2D eigenvalue weighted by atomic mass is 10.2. The lowest BCUT2D eigenvalue weighted by Crippen LogP contribution is -2.29. The molecule has 0 spiro atoms. The van der Waals surface area contributed by atoms with Crippen LogP contribution in [0.4, 0.5) is 4.79 Å². The van der Waals surface area contributed by atoms with Crippen molar-refractivity contribution >= 4 is 22.9 Å². The van der Waals surface area contributed by atoms with Gasteiger partial charge in [-0.1, -0.05) is 11.8 Å². The van der Waals surface area contributed by atoms with Gasteiger partial charge in [-0.05, 0) is 19.3 Å². The van der Waals surface area contributed by atoms with Gasteiger partial charge in [-0.15, -0.1) is 0 Å². The van der Waals surface area contributed by atoms with Crippen molar-refractivity contribution in [3.05, 3.63) is 0 Å². The van der Waals surface area contributed by atoms with Gasteiger partial charge in [-0.2, -0.15) is 0 Å². The standard InChI is InChI=1S/C8H13NO3S/c10-5-3-1-2-4-9-7(11)6-13-8(9)12/h10H,1-6H2. The number of amides is 2. The maximum atomic E-state index is 11.1. The zero-order valence-corrected chi connectivity index (χ0v) is 8.18. The van der Waals surface area contributed by atoms with E-state index >= 15 is 0 Å². The zero-order chi connectivity index (χ0) is 9.68. The molecule has 0 atom stereocenters. The van der Waals surface area contributed by atoms with Crippen molar-refractivity contribution in [3.8, 4) is 0 Å². The zero-order valence-electron chi connectivity index (χ0n) is 7.36. The second-order valence-electron chi connectivity index (χ2n) is 2.88. The Balaban J connectivity index is 2.20. The Bertz CT molecular complexity index is 192. The van der Waals surface area contributed by atoms with Gasteiger partial charge in [0.1, 0.15) is 0 Å². The monoisotopic (exact) mass is 203 g/mol. The molecule has 1 aliphatic rings. The lowest BCUT2D eigenvalue weighted by Gasteiger charge is -2.11. The van der Waals surface area contributed by atoms with Gasteiger partial charge in [-0.3, -0.25) is 14.5 Å².